The van der Waals surface area contributed by atoms with Crippen LogP contribution in [-0.4, -0.2) is 78.0 Å². The summed E-state index contributed by atoms with van der Waals surface area (Å²) in [5.74, 6) is -1.30. The summed E-state index contributed by atoms with van der Waals surface area (Å²) in [5.41, 5.74) is 1.86. The number of aliphatic carboxylic acids is 1. The third kappa shape index (κ3) is 4.58. The summed E-state index contributed by atoms with van der Waals surface area (Å²) in [5, 5.41) is 9.17. The van der Waals surface area contributed by atoms with Crippen molar-refractivity contribution in [2.75, 3.05) is 46.3 Å². The van der Waals surface area contributed by atoms with Crippen LogP contribution >= 0.6 is 0 Å². The van der Waals surface area contributed by atoms with Crippen molar-refractivity contribution in [2.45, 2.75) is 19.4 Å². The van der Waals surface area contributed by atoms with E-state index in [-0.39, 0.29) is 5.91 Å². The molecule has 25 heavy (non-hydrogen) atoms. The highest BCUT2D eigenvalue weighted by Crippen LogP contribution is 2.19. The molecule has 1 N–H and O–H groups in total. The summed E-state index contributed by atoms with van der Waals surface area (Å²) in [4.78, 5) is 30.2. The smallest absolute Gasteiger partial charge is 0.308 e. The lowest BCUT2D eigenvalue weighted by atomic mass is 9.97. The van der Waals surface area contributed by atoms with E-state index in [0.29, 0.717) is 25.1 Å². The third-order valence-corrected chi connectivity index (χ3v) is 5.26. The van der Waals surface area contributed by atoms with Crippen molar-refractivity contribution in [3.63, 3.8) is 0 Å². The van der Waals surface area contributed by atoms with Gasteiger partial charge in [-0.15, -0.1) is 0 Å². The Morgan fingerprint density at radius 3 is 2.40 bits per heavy atom. The second-order valence-corrected chi connectivity index (χ2v) is 7.20. The first-order chi connectivity index (χ1) is 12.0. The maximum Gasteiger partial charge on any atom is 0.308 e. The summed E-state index contributed by atoms with van der Waals surface area (Å²) < 4.78 is 0. The van der Waals surface area contributed by atoms with Crippen LogP contribution in [0.4, 0.5) is 0 Å². The Labute approximate surface area is 149 Å². The molecule has 1 unspecified atom stereocenters. The number of rotatable bonds is 4. The summed E-state index contributed by atoms with van der Waals surface area (Å²) in [7, 11) is 2.15. The van der Waals surface area contributed by atoms with Gasteiger partial charge < -0.3 is 14.9 Å². The monoisotopic (exact) mass is 345 g/mol. The van der Waals surface area contributed by atoms with Crippen molar-refractivity contribution in [1.82, 2.24) is 14.7 Å². The molecule has 3 rings (SSSR count). The van der Waals surface area contributed by atoms with Crippen molar-refractivity contribution in [3.8, 4) is 0 Å². The number of benzene rings is 1. The Morgan fingerprint density at radius 2 is 1.76 bits per heavy atom. The SMILES string of the molecule is CN1CCN(Cc2ccc(C(=O)N3CCCC(C(=O)O)C3)cc2)CC1. The molecule has 1 aromatic rings. The van der Waals surface area contributed by atoms with Gasteiger partial charge in [-0.05, 0) is 37.6 Å². The number of carboxylic acids is 1. The van der Waals surface area contributed by atoms with E-state index in [1.807, 2.05) is 24.3 Å². The third-order valence-electron chi connectivity index (χ3n) is 5.26. The number of likely N-dealkylation sites (tertiary alicyclic amines) is 1. The molecule has 6 heteroatoms. The van der Waals surface area contributed by atoms with Gasteiger partial charge in [0, 0.05) is 51.4 Å². The number of piperazine rings is 1. The van der Waals surface area contributed by atoms with E-state index in [2.05, 4.69) is 16.8 Å². The zero-order valence-corrected chi connectivity index (χ0v) is 14.9. The van der Waals surface area contributed by atoms with E-state index in [0.717, 1.165) is 39.1 Å². The van der Waals surface area contributed by atoms with Crippen molar-refractivity contribution in [3.05, 3.63) is 35.4 Å². The van der Waals surface area contributed by atoms with Gasteiger partial charge in [0.25, 0.3) is 5.91 Å². The summed E-state index contributed by atoms with van der Waals surface area (Å²) in [6.07, 6.45) is 1.41. The minimum Gasteiger partial charge on any atom is -0.481 e. The molecular weight excluding hydrogens is 318 g/mol. The van der Waals surface area contributed by atoms with Gasteiger partial charge in [0.1, 0.15) is 0 Å². The average molecular weight is 345 g/mol. The molecule has 136 valence electrons. The van der Waals surface area contributed by atoms with Crippen LogP contribution in [0.1, 0.15) is 28.8 Å². The molecule has 2 aliphatic rings. The summed E-state index contributed by atoms with van der Waals surface area (Å²) >= 11 is 0. The molecule has 2 saturated heterocycles. The molecule has 0 spiro atoms. The van der Waals surface area contributed by atoms with Crippen molar-refractivity contribution < 1.29 is 14.7 Å². The normalized spacial score (nSPS) is 22.8. The Morgan fingerprint density at radius 1 is 1.08 bits per heavy atom. The molecule has 0 radical (unpaired) electrons. The molecule has 0 aliphatic carbocycles. The molecule has 0 bridgehead atoms. The number of hydrogen-bond acceptors (Lipinski definition) is 4. The highest BCUT2D eigenvalue weighted by atomic mass is 16.4. The van der Waals surface area contributed by atoms with Gasteiger partial charge in [0.2, 0.25) is 0 Å². The molecular formula is C19H27N3O3. The number of hydrogen-bond donors (Lipinski definition) is 1. The maximum atomic E-state index is 12.6. The van der Waals surface area contributed by atoms with Crippen molar-refractivity contribution >= 4 is 11.9 Å². The summed E-state index contributed by atoms with van der Waals surface area (Å²) in [6.45, 7) is 6.20. The second kappa shape index (κ2) is 7.97. The number of nitrogens with zero attached hydrogens (tertiary/aromatic N) is 3. The number of carboxylic acid groups (broad SMARTS) is 1. The van der Waals surface area contributed by atoms with Crippen LogP contribution in [0.5, 0.6) is 0 Å². The van der Waals surface area contributed by atoms with Crippen LogP contribution in [-0.2, 0) is 11.3 Å². The van der Waals surface area contributed by atoms with E-state index in [9.17, 15) is 14.7 Å². The number of carbonyl (C=O) groups excluding carboxylic acids is 1. The molecule has 1 amide bonds. The van der Waals surface area contributed by atoms with Gasteiger partial charge in [-0.25, -0.2) is 0 Å². The van der Waals surface area contributed by atoms with Crippen LogP contribution in [0.3, 0.4) is 0 Å². The number of likely N-dealkylation sites (N-methyl/N-ethyl adjacent to an activating group) is 1. The highest BCUT2D eigenvalue weighted by Gasteiger charge is 2.28. The van der Waals surface area contributed by atoms with Gasteiger partial charge in [0.05, 0.1) is 5.92 Å². The zero-order valence-electron chi connectivity index (χ0n) is 14.9. The van der Waals surface area contributed by atoms with Gasteiger partial charge in [-0.3, -0.25) is 14.5 Å². The molecule has 2 heterocycles. The first-order valence-corrected chi connectivity index (χ1v) is 9.05. The van der Waals surface area contributed by atoms with Crippen LogP contribution in [0.25, 0.3) is 0 Å². The van der Waals surface area contributed by atoms with Crippen LogP contribution in [0.15, 0.2) is 24.3 Å². The zero-order chi connectivity index (χ0) is 17.8. The van der Waals surface area contributed by atoms with Gasteiger partial charge in [0.15, 0.2) is 0 Å². The van der Waals surface area contributed by atoms with Crippen LogP contribution in [0, 0.1) is 5.92 Å². The molecule has 2 aliphatic heterocycles. The van der Waals surface area contributed by atoms with Crippen molar-refractivity contribution in [2.24, 2.45) is 5.92 Å². The van der Waals surface area contributed by atoms with Gasteiger partial charge in [-0.1, -0.05) is 12.1 Å². The minimum atomic E-state index is -0.806. The van der Waals surface area contributed by atoms with E-state index < -0.39 is 11.9 Å². The van der Waals surface area contributed by atoms with E-state index in [1.165, 1.54) is 5.56 Å². The first kappa shape index (κ1) is 17.9. The maximum absolute atomic E-state index is 12.6. The van der Waals surface area contributed by atoms with Gasteiger partial charge in [-0.2, -0.15) is 0 Å². The fourth-order valence-corrected chi connectivity index (χ4v) is 3.56. The Bertz CT molecular complexity index is 609. The molecule has 1 atom stereocenters. The highest BCUT2D eigenvalue weighted by molar-refractivity contribution is 5.94. The number of amides is 1. The van der Waals surface area contributed by atoms with E-state index in [4.69, 9.17) is 0 Å². The molecule has 1 aromatic carbocycles. The number of carbonyl (C=O) groups is 2. The molecule has 2 fully saturated rings. The lowest BCUT2D eigenvalue weighted by Gasteiger charge is -2.32. The predicted molar refractivity (Wildman–Crippen MR) is 95.5 cm³/mol. The van der Waals surface area contributed by atoms with E-state index >= 15 is 0 Å². The Hall–Kier alpha value is -1.92. The predicted octanol–water partition coefficient (Wildman–Crippen LogP) is 1.37. The Kier molecular flexibility index (Phi) is 5.71. The second-order valence-electron chi connectivity index (χ2n) is 7.20. The molecule has 0 aromatic heterocycles. The van der Waals surface area contributed by atoms with Crippen LogP contribution in [0.2, 0.25) is 0 Å². The standard InChI is InChI=1S/C19H27N3O3/c1-20-9-11-21(12-10-20)13-15-4-6-16(7-5-15)18(23)22-8-2-3-17(14-22)19(24)25/h4-7,17H,2-3,8-14H2,1H3,(H,24,25). The molecule has 0 saturated carbocycles. The topological polar surface area (TPSA) is 64.1 Å². The van der Waals surface area contributed by atoms with Crippen LogP contribution < -0.4 is 0 Å². The fraction of sp³-hybridized carbons (Fsp3) is 0.579. The minimum absolute atomic E-state index is 0.0582. The fourth-order valence-electron chi connectivity index (χ4n) is 3.56. The average Bonchev–Trinajstić information content (AvgIpc) is 2.64. The van der Waals surface area contributed by atoms with Crippen molar-refractivity contribution in [1.29, 1.82) is 0 Å². The lowest BCUT2D eigenvalue weighted by Crippen LogP contribution is -2.43. The largest absolute Gasteiger partial charge is 0.481 e. The summed E-state index contributed by atoms with van der Waals surface area (Å²) in [6, 6.07) is 7.78. The quantitative estimate of drug-likeness (QED) is 0.893. The lowest BCUT2D eigenvalue weighted by molar-refractivity contribution is -0.143. The molecule has 6 nitrogen and oxygen atoms in total. The van der Waals surface area contributed by atoms with Gasteiger partial charge >= 0.3 is 5.97 Å². The Balaban J connectivity index is 1.58. The number of piperidine rings is 1. The van der Waals surface area contributed by atoms with E-state index in [1.54, 1.807) is 4.90 Å². The first-order valence-electron chi connectivity index (χ1n) is 9.05.